The molecule has 1 rings (SSSR count). The van der Waals surface area contributed by atoms with Crippen molar-refractivity contribution >= 4 is 22.7 Å². The first-order valence-electron chi connectivity index (χ1n) is 3.94. The van der Waals surface area contributed by atoms with Crippen molar-refractivity contribution < 1.29 is 18.9 Å². The molecule has 6 heteroatoms. The maximum absolute atomic E-state index is 11.2. The van der Waals surface area contributed by atoms with Gasteiger partial charge < -0.3 is 10.0 Å². The molecule has 1 aliphatic rings. The van der Waals surface area contributed by atoms with E-state index < -0.39 is 23.2 Å². The Bertz CT molecular complexity index is 243. The fourth-order valence-corrected chi connectivity index (χ4v) is 2.18. The summed E-state index contributed by atoms with van der Waals surface area (Å²) in [4.78, 5) is 22.8. The van der Waals surface area contributed by atoms with Crippen LogP contribution in [-0.4, -0.2) is 50.7 Å². The van der Waals surface area contributed by atoms with Crippen LogP contribution in [0.25, 0.3) is 0 Å². The molecule has 1 N–H and O–H groups in total. The van der Waals surface area contributed by atoms with E-state index in [0.717, 1.165) is 0 Å². The Balaban J connectivity index is 2.40. The van der Waals surface area contributed by atoms with Crippen molar-refractivity contribution in [3.63, 3.8) is 0 Å². The fourth-order valence-electron chi connectivity index (χ4n) is 1.13. The van der Waals surface area contributed by atoms with Crippen LogP contribution in [0.1, 0.15) is 6.42 Å². The Morgan fingerprint density at radius 2 is 1.85 bits per heavy atom. The number of carboxylic acids is 1. The molecule has 1 amide bonds. The molecule has 5 nitrogen and oxygen atoms in total. The summed E-state index contributed by atoms with van der Waals surface area (Å²) in [5.41, 5.74) is 0. The molecule has 1 heterocycles. The van der Waals surface area contributed by atoms with E-state index in [1.54, 1.807) is 0 Å². The number of nitrogens with zero attached hydrogens (tertiary/aromatic N) is 1. The average Bonchev–Trinajstić information content (AvgIpc) is 2.04. The number of carbonyl (C=O) groups excluding carboxylic acids is 1. The summed E-state index contributed by atoms with van der Waals surface area (Å²) in [6, 6.07) is 0. The molecule has 0 aromatic carbocycles. The molecule has 0 aromatic heterocycles. The van der Waals surface area contributed by atoms with Crippen LogP contribution in [0, 0.1) is 0 Å². The Labute approximate surface area is 78.2 Å². The molecule has 0 aliphatic carbocycles. The second kappa shape index (κ2) is 4.36. The van der Waals surface area contributed by atoms with E-state index in [2.05, 4.69) is 0 Å². The number of aliphatic carboxylic acids is 1. The van der Waals surface area contributed by atoms with Crippen molar-refractivity contribution in [3.05, 3.63) is 0 Å². The summed E-state index contributed by atoms with van der Waals surface area (Å²) >= 11 is 0. The van der Waals surface area contributed by atoms with Gasteiger partial charge in [-0.3, -0.25) is 13.8 Å². The highest BCUT2D eigenvalue weighted by Crippen LogP contribution is 2.02. The number of hydrogen-bond acceptors (Lipinski definition) is 3. The van der Waals surface area contributed by atoms with Gasteiger partial charge in [-0.15, -0.1) is 0 Å². The van der Waals surface area contributed by atoms with Crippen molar-refractivity contribution in [2.75, 3.05) is 24.6 Å². The van der Waals surface area contributed by atoms with Gasteiger partial charge >= 0.3 is 5.97 Å². The lowest BCUT2D eigenvalue weighted by Crippen LogP contribution is -2.42. The second-order valence-electron chi connectivity index (χ2n) is 2.80. The van der Waals surface area contributed by atoms with E-state index in [1.807, 2.05) is 0 Å². The first kappa shape index (κ1) is 10.2. The SMILES string of the molecule is O=C(O)CC(=O)N1CCS(=O)CC1. The van der Waals surface area contributed by atoms with Crippen LogP contribution in [0.3, 0.4) is 0 Å². The summed E-state index contributed by atoms with van der Waals surface area (Å²) in [7, 11) is -0.831. The molecule has 1 fully saturated rings. The maximum atomic E-state index is 11.2. The first-order valence-corrected chi connectivity index (χ1v) is 5.43. The van der Waals surface area contributed by atoms with Gasteiger partial charge in [0.05, 0.1) is 0 Å². The largest absolute Gasteiger partial charge is 0.481 e. The highest BCUT2D eigenvalue weighted by molar-refractivity contribution is 7.85. The van der Waals surface area contributed by atoms with Crippen LogP contribution >= 0.6 is 0 Å². The molecule has 0 spiro atoms. The first-order chi connectivity index (χ1) is 6.09. The highest BCUT2D eigenvalue weighted by Gasteiger charge is 2.21. The van der Waals surface area contributed by atoms with E-state index >= 15 is 0 Å². The molecular formula is C7H11NO4S. The molecule has 0 aromatic rings. The zero-order valence-corrected chi connectivity index (χ0v) is 7.88. The fraction of sp³-hybridized carbons (Fsp3) is 0.714. The molecule has 0 bridgehead atoms. The van der Waals surface area contributed by atoms with Crippen LogP contribution in [0.15, 0.2) is 0 Å². The van der Waals surface area contributed by atoms with E-state index in [1.165, 1.54) is 4.90 Å². The van der Waals surface area contributed by atoms with E-state index in [0.29, 0.717) is 24.6 Å². The van der Waals surface area contributed by atoms with Gasteiger partial charge in [0.1, 0.15) is 6.42 Å². The standard InChI is InChI=1S/C7H11NO4S/c9-6(5-7(10)11)8-1-3-13(12)4-2-8/h1-5H2,(H,10,11). The molecule has 0 saturated carbocycles. The van der Waals surface area contributed by atoms with Crippen molar-refractivity contribution in [2.45, 2.75) is 6.42 Å². The van der Waals surface area contributed by atoms with E-state index in [4.69, 9.17) is 5.11 Å². The number of carboxylic acid groups (broad SMARTS) is 1. The monoisotopic (exact) mass is 205 g/mol. The van der Waals surface area contributed by atoms with Crippen LogP contribution in [0.4, 0.5) is 0 Å². The topological polar surface area (TPSA) is 74.7 Å². The van der Waals surface area contributed by atoms with Gasteiger partial charge in [0.15, 0.2) is 0 Å². The summed E-state index contributed by atoms with van der Waals surface area (Å²) in [5, 5.41) is 8.36. The minimum Gasteiger partial charge on any atom is -0.481 e. The molecular weight excluding hydrogens is 194 g/mol. The Hall–Kier alpha value is -0.910. The summed E-state index contributed by atoms with van der Waals surface area (Å²) < 4.78 is 10.9. The predicted octanol–water partition coefficient (Wildman–Crippen LogP) is -0.948. The average molecular weight is 205 g/mol. The Kier molecular flexibility index (Phi) is 3.41. The second-order valence-corrected chi connectivity index (χ2v) is 4.50. The van der Waals surface area contributed by atoms with Gasteiger partial charge in [0.25, 0.3) is 0 Å². The van der Waals surface area contributed by atoms with Gasteiger partial charge in [-0.25, -0.2) is 0 Å². The third-order valence-electron chi connectivity index (χ3n) is 1.83. The van der Waals surface area contributed by atoms with Gasteiger partial charge in [-0.2, -0.15) is 0 Å². The van der Waals surface area contributed by atoms with Crippen molar-refractivity contribution in [2.24, 2.45) is 0 Å². The number of amides is 1. The summed E-state index contributed by atoms with van der Waals surface area (Å²) in [6.07, 6.45) is -0.466. The zero-order valence-electron chi connectivity index (χ0n) is 7.06. The molecule has 74 valence electrons. The van der Waals surface area contributed by atoms with Crippen molar-refractivity contribution in [3.8, 4) is 0 Å². The Morgan fingerprint density at radius 3 is 2.31 bits per heavy atom. The Morgan fingerprint density at radius 1 is 1.31 bits per heavy atom. The van der Waals surface area contributed by atoms with E-state index in [9.17, 15) is 13.8 Å². The third-order valence-corrected chi connectivity index (χ3v) is 3.11. The number of hydrogen-bond donors (Lipinski definition) is 1. The summed E-state index contributed by atoms with van der Waals surface area (Å²) in [6.45, 7) is 0.831. The molecule has 0 radical (unpaired) electrons. The van der Waals surface area contributed by atoms with Crippen molar-refractivity contribution in [1.82, 2.24) is 4.90 Å². The lowest BCUT2D eigenvalue weighted by atomic mass is 10.3. The maximum Gasteiger partial charge on any atom is 0.312 e. The number of rotatable bonds is 2. The predicted molar refractivity (Wildman–Crippen MR) is 46.7 cm³/mol. The molecule has 1 saturated heterocycles. The molecule has 0 atom stereocenters. The zero-order chi connectivity index (χ0) is 9.84. The minimum atomic E-state index is -1.11. The molecule has 13 heavy (non-hydrogen) atoms. The molecule has 0 unspecified atom stereocenters. The lowest BCUT2D eigenvalue weighted by molar-refractivity contribution is -0.144. The van der Waals surface area contributed by atoms with Crippen LogP contribution < -0.4 is 0 Å². The quantitative estimate of drug-likeness (QED) is 0.590. The van der Waals surface area contributed by atoms with Gasteiger partial charge in [0, 0.05) is 35.4 Å². The van der Waals surface area contributed by atoms with Crippen LogP contribution in [0.5, 0.6) is 0 Å². The van der Waals surface area contributed by atoms with Crippen LogP contribution in [0.2, 0.25) is 0 Å². The smallest absolute Gasteiger partial charge is 0.312 e. The minimum absolute atomic E-state index is 0.385. The van der Waals surface area contributed by atoms with E-state index in [-0.39, 0.29) is 5.91 Å². The van der Waals surface area contributed by atoms with Crippen LogP contribution in [-0.2, 0) is 20.4 Å². The normalized spacial score (nSPS) is 18.6. The number of carbonyl (C=O) groups is 2. The third kappa shape index (κ3) is 3.14. The summed E-state index contributed by atoms with van der Waals surface area (Å²) in [5.74, 6) is -0.572. The van der Waals surface area contributed by atoms with Crippen molar-refractivity contribution in [1.29, 1.82) is 0 Å². The van der Waals surface area contributed by atoms with Gasteiger partial charge in [-0.1, -0.05) is 0 Å². The highest BCUT2D eigenvalue weighted by atomic mass is 32.2. The molecule has 1 aliphatic heterocycles. The van der Waals surface area contributed by atoms with Gasteiger partial charge in [-0.05, 0) is 0 Å². The lowest BCUT2D eigenvalue weighted by Gasteiger charge is -2.25. The van der Waals surface area contributed by atoms with Gasteiger partial charge in [0.2, 0.25) is 5.91 Å².